The summed E-state index contributed by atoms with van der Waals surface area (Å²) < 4.78 is 68.6. The molecule has 0 N–H and O–H groups in total. The molecule has 6 heteroatoms. The fraction of sp³-hybridized carbons (Fsp3) is 0.680. The fourth-order valence-electron chi connectivity index (χ4n) is 5.52. The molecule has 0 saturated heterocycles. The van der Waals surface area contributed by atoms with Crippen LogP contribution in [0, 0.1) is 29.4 Å². The minimum atomic E-state index is -5.12. The number of ether oxygens (including phenoxy) is 1. The van der Waals surface area contributed by atoms with Crippen molar-refractivity contribution in [1.82, 2.24) is 0 Å². The highest BCUT2D eigenvalue weighted by atomic mass is 19.4. The minimum absolute atomic E-state index is 0.0121. The van der Waals surface area contributed by atoms with Crippen LogP contribution in [0.1, 0.15) is 89.0 Å². The lowest BCUT2D eigenvalue weighted by Crippen LogP contribution is -2.25. The van der Waals surface area contributed by atoms with E-state index in [-0.39, 0.29) is 5.92 Å². The predicted octanol–water partition coefficient (Wildman–Crippen LogP) is 8.69. The van der Waals surface area contributed by atoms with Crippen molar-refractivity contribution < 1.29 is 26.7 Å². The van der Waals surface area contributed by atoms with Crippen molar-refractivity contribution in [2.45, 2.75) is 89.8 Å². The Bertz CT molecular complexity index is 703. The van der Waals surface area contributed by atoms with Gasteiger partial charge in [-0.3, -0.25) is 0 Å². The first kappa shape index (κ1) is 24.1. The topological polar surface area (TPSA) is 9.23 Å². The fourth-order valence-corrected chi connectivity index (χ4v) is 5.52. The van der Waals surface area contributed by atoms with E-state index in [0.29, 0.717) is 11.5 Å². The van der Waals surface area contributed by atoms with Crippen molar-refractivity contribution in [3.8, 4) is 5.75 Å². The molecule has 0 unspecified atom stereocenters. The van der Waals surface area contributed by atoms with Gasteiger partial charge in [-0.1, -0.05) is 31.9 Å². The molecule has 0 amide bonds. The Labute approximate surface area is 182 Å². The Morgan fingerprint density at radius 1 is 0.871 bits per heavy atom. The van der Waals surface area contributed by atoms with Crippen LogP contribution in [0.3, 0.4) is 0 Å². The second kappa shape index (κ2) is 10.8. The zero-order valence-corrected chi connectivity index (χ0v) is 18.2. The van der Waals surface area contributed by atoms with Gasteiger partial charge < -0.3 is 4.74 Å². The summed E-state index contributed by atoms with van der Waals surface area (Å²) in [5.41, 5.74) is 0.437. The quantitative estimate of drug-likeness (QED) is 0.302. The summed E-state index contributed by atoms with van der Waals surface area (Å²) in [7, 11) is 0. The first-order valence-electron chi connectivity index (χ1n) is 11.7. The molecule has 1 aromatic carbocycles. The molecule has 2 aliphatic carbocycles. The molecule has 0 spiro atoms. The standard InChI is InChI=1S/C25H33F5O/c1-2-3-4-5-6-17-7-9-18(10-8-17)19-11-13-20(14-12-19)21-15-22(26)24(23(27)16-21)31-25(28,29)30/h3-4,15-20H,2,5-14H2,1H3. The number of alkyl halides is 3. The van der Waals surface area contributed by atoms with Gasteiger partial charge in [-0.2, -0.15) is 0 Å². The van der Waals surface area contributed by atoms with Gasteiger partial charge in [0, 0.05) is 0 Å². The van der Waals surface area contributed by atoms with E-state index in [2.05, 4.69) is 23.8 Å². The van der Waals surface area contributed by atoms with E-state index < -0.39 is 23.7 Å². The first-order valence-corrected chi connectivity index (χ1v) is 11.7. The maximum atomic E-state index is 14.1. The zero-order chi connectivity index (χ0) is 22.4. The van der Waals surface area contributed by atoms with E-state index in [1.54, 1.807) is 0 Å². The Kier molecular flexibility index (Phi) is 8.40. The van der Waals surface area contributed by atoms with E-state index in [1.165, 1.54) is 38.5 Å². The van der Waals surface area contributed by atoms with E-state index in [1.807, 2.05) is 0 Å². The third-order valence-corrected chi connectivity index (χ3v) is 7.18. The van der Waals surface area contributed by atoms with Crippen LogP contribution in [-0.4, -0.2) is 6.36 Å². The molecular formula is C25H33F5O. The van der Waals surface area contributed by atoms with E-state index in [0.717, 1.165) is 56.1 Å². The van der Waals surface area contributed by atoms with Crippen LogP contribution in [0.25, 0.3) is 0 Å². The Hall–Kier alpha value is -1.59. The second-order valence-corrected chi connectivity index (χ2v) is 9.21. The molecule has 0 heterocycles. The molecule has 174 valence electrons. The van der Waals surface area contributed by atoms with Crippen LogP contribution in [0.4, 0.5) is 22.0 Å². The lowest BCUT2D eigenvalue weighted by molar-refractivity contribution is -0.276. The van der Waals surface area contributed by atoms with Crippen molar-refractivity contribution in [3.63, 3.8) is 0 Å². The van der Waals surface area contributed by atoms with Crippen molar-refractivity contribution in [2.75, 3.05) is 0 Å². The molecule has 31 heavy (non-hydrogen) atoms. The Balaban J connectivity index is 1.48. The highest BCUT2D eigenvalue weighted by molar-refractivity contribution is 5.33. The summed E-state index contributed by atoms with van der Waals surface area (Å²) in [4.78, 5) is 0. The van der Waals surface area contributed by atoms with Gasteiger partial charge >= 0.3 is 6.36 Å². The van der Waals surface area contributed by atoms with Gasteiger partial charge in [-0.05, 0) is 99.2 Å². The third kappa shape index (κ3) is 6.95. The molecular weight excluding hydrogens is 411 g/mol. The molecule has 1 nitrogen and oxygen atoms in total. The molecule has 1 aromatic rings. The van der Waals surface area contributed by atoms with Gasteiger partial charge in [-0.25, -0.2) is 8.78 Å². The largest absolute Gasteiger partial charge is 0.573 e. The van der Waals surface area contributed by atoms with Crippen molar-refractivity contribution in [1.29, 1.82) is 0 Å². The average Bonchev–Trinajstić information content (AvgIpc) is 2.74. The van der Waals surface area contributed by atoms with Gasteiger partial charge in [0.2, 0.25) is 5.75 Å². The van der Waals surface area contributed by atoms with E-state index in [9.17, 15) is 22.0 Å². The molecule has 0 aromatic heterocycles. The third-order valence-electron chi connectivity index (χ3n) is 7.18. The summed E-state index contributed by atoms with van der Waals surface area (Å²) in [6, 6.07) is 2.01. The van der Waals surface area contributed by atoms with Gasteiger partial charge in [0.15, 0.2) is 11.6 Å². The van der Waals surface area contributed by atoms with Crippen LogP contribution in [0.5, 0.6) is 5.75 Å². The Morgan fingerprint density at radius 3 is 1.94 bits per heavy atom. The SMILES string of the molecule is CCC=CCCC1CCC(C2CCC(c3cc(F)c(OC(F)(F)F)c(F)c3)CC2)CC1. The molecule has 0 bridgehead atoms. The smallest absolute Gasteiger partial charge is 0.399 e. The molecule has 0 aliphatic heterocycles. The molecule has 2 saturated carbocycles. The predicted molar refractivity (Wildman–Crippen MR) is 112 cm³/mol. The highest BCUT2D eigenvalue weighted by Crippen LogP contribution is 2.45. The van der Waals surface area contributed by atoms with Crippen molar-refractivity contribution in [3.05, 3.63) is 41.5 Å². The maximum Gasteiger partial charge on any atom is 0.573 e. The van der Waals surface area contributed by atoms with Crippen molar-refractivity contribution >= 4 is 0 Å². The number of hydrogen-bond acceptors (Lipinski definition) is 1. The normalized spacial score (nSPS) is 27.5. The van der Waals surface area contributed by atoms with Gasteiger partial charge in [0.05, 0.1) is 0 Å². The maximum absolute atomic E-state index is 14.1. The number of allylic oxidation sites excluding steroid dienone is 2. The lowest BCUT2D eigenvalue weighted by Gasteiger charge is -2.38. The van der Waals surface area contributed by atoms with Crippen LogP contribution in [0.2, 0.25) is 0 Å². The second-order valence-electron chi connectivity index (χ2n) is 9.21. The molecule has 0 atom stereocenters. The van der Waals surface area contributed by atoms with Crippen LogP contribution in [0.15, 0.2) is 24.3 Å². The van der Waals surface area contributed by atoms with Crippen LogP contribution >= 0.6 is 0 Å². The average molecular weight is 445 g/mol. The van der Waals surface area contributed by atoms with E-state index in [4.69, 9.17) is 0 Å². The molecule has 2 fully saturated rings. The first-order chi connectivity index (χ1) is 14.8. The number of halogens is 5. The Morgan fingerprint density at radius 2 is 1.42 bits per heavy atom. The summed E-state index contributed by atoms with van der Waals surface area (Å²) in [5, 5.41) is 0. The van der Waals surface area contributed by atoms with Crippen molar-refractivity contribution in [2.24, 2.45) is 17.8 Å². The number of rotatable bonds is 7. The summed E-state index contributed by atoms with van der Waals surface area (Å²) in [6.07, 6.45) is 11.8. The summed E-state index contributed by atoms with van der Waals surface area (Å²) in [6.45, 7) is 2.15. The zero-order valence-electron chi connectivity index (χ0n) is 18.2. The molecule has 0 radical (unpaired) electrons. The number of benzene rings is 1. The monoisotopic (exact) mass is 444 g/mol. The van der Waals surface area contributed by atoms with Gasteiger partial charge in [-0.15, -0.1) is 13.2 Å². The van der Waals surface area contributed by atoms with Crippen LogP contribution in [-0.2, 0) is 0 Å². The number of hydrogen-bond donors (Lipinski definition) is 0. The molecule has 3 rings (SSSR count). The minimum Gasteiger partial charge on any atom is -0.399 e. The van der Waals surface area contributed by atoms with E-state index >= 15 is 0 Å². The van der Waals surface area contributed by atoms with Gasteiger partial charge in [0.1, 0.15) is 0 Å². The lowest BCUT2D eigenvalue weighted by atomic mass is 9.68. The highest BCUT2D eigenvalue weighted by Gasteiger charge is 2.35. The molecule has 2 aliphatic rings. The summed E-state index contributed by atoms with van der Waals surface area (Å²) >= 11 is 0. The van der Waals surface area contributed by atoms with Gasteiger partial charge in [0.25, 0.3) is 0 Å². The summed E-state index contributed by atoms with van der Waals surface area (Å²) in [5.74, 6) is -1.74. The van der Waals surface area contributed by atoms with Crippen LogP contribution < -0.4 is 4.74 Å².